The molecule has 0 saturated carbocycles. The second-order valence-electron chi connectivity index (χ2n) is 21.4. The molecule has 408 valence electrons. The van der Waals surface area contributed by atoms with Crippen LogP contribution in [0.15, 0.2) is 24.3 Å². The lowest BCUT2D eigenvalue weighted by molar-refractivity contribution is -0.143. The Bertz CT molecular complexity index is 1080. The molecule has 0 spiro atoms. The normalized spacial score (nSPS) is 12.7. The molecule has 0 aromatic rings. The number of hydrogen-bond donors (Lipinski definition) is 3. The van der Waals surface area contributed by atoms with Gasteiger partial charge in [0.25, 0.3) is 0 Å². The van der Waals surface area contributed by atoms with E-state index in [0.717, 1.165) is 51.4 Å². The minimum Gasteiger partial charge on any atom is -0.466 e. The van der Waals surface area contributed by atoms with Crippen molar-refractivity contribution >= 4 is 11.9 Å². The highest BCUT2D eigenvalue weighted by atomic mass is 16.5. The Morgan fingerprint density at radius 1 is 0.406 bits per heavy atom. The topological polar surface area (TPSA) is 95.9 Å². The maximum atomic E-state index is 12.5. The molecule has 0 radical (unpaired) electrons. The van der Waals surface area contributed by atoms with Crippen molar-refractivity contribution in [3.63, 3.8) is 0 Å². The first-order valence-electron chi connectivity index (χ1n) is 31.1. The summed E-state index contributed by atoms with van der Waals surface area (Å²) in [5.41, 5.74) is 0. The molecule has 0 bridgehead atoms. The molecule has 2 unspecified atom stereocenters. The zero-order valence-electron chi connectivity index (χ0n) is 46.6. The van der Waals surface area contributed by atoms with Gasteiger partial charge in [-0.2, -0.15) is 0 Å². The molecule has 0 heterocycles. The summed E-state index contributed by atoms with van der Waals surface area (Å²) in [6.45, 7) is 4.94. The van der Waals surface area contributed by atoms with Gasteiger partial charge in [0.2, 0.25) is 5.91 Å². The number of aliphatic hydroxyl groups excluding tert-OH is 2. The van der Waals surface area contributed by atoms with Crippen molar-refractivity contribution in [1.82, 2.24) is 5.32 Å². The first-order chi connectivity index (χ1) is 34.0. The van der Waals surface area contributed by atoms with Gasteiger partial charge in [0.05, 0.1) is 25.4 Å². The van der Waals surface area contributed by atoms with Gasteiger partial charge in [-0.25, -0.2) is 0 Å². The summed E-state index contributed by atoms with van der Waals surface area (Å²) >= 11 is 0. The van der Waals surface area contributed by atoms with Crippen LogP contribution in [0.2, 0.25) is 0 Å². The van der Waals surface area contributed by atoms with Crippen LogP contribution in [0.3, 0.4) is 0 Å². The SMILES string of the molecule is CCCCC/C=C\C/C=C\CCCCCCCCCCCC(=O)OCCCCCCCCCCCCCCCCCCCCCC(=O)NC(CO)C(O)CCCCCCCCCCCCCCCC. The maximum Gasteiger partial charge on any atom is 0.305 e. The van der Waals surface area contributed by atoms with E-state index in [-0.39, 0.29) is 18.5 Å². The second kappa shape index (κ2) is 58.9. The predicted octanol–water partition coefficient (Wildman–Crippen LogP) is 19.4. The summed E-state index contributed by atoms with van der Waals surface area (Å²) in [4.78, 5) is 24.6. The maximum absolute atomic E-state index is 12.5. The average molecular weight is 973 g/mol. The van der Waals surface area contributed by atoms with E-state index in [4.69, 9.17) is 4.74 Å². The molecule has 6 heteroatoms. The van der Waals surface area contributed by atoms with E-state index in [0.29, 0.717) is 25.9 Å². The van der Waals surface area contributed by atoms with E-state index >= 15 is 0 Å². The third-order valence-electron chi connectivity index (χ3n) is 14.5. The molecule has 6 nitrogen and oxygen atoms in total. The lowest BCUT2D eigenvalue weighted by atomic mass is 10.0. The molecule has 2 atom stereocenters. The minimum atomic E-state index is -0.666. The third kappa shape index (κ3) is 55.5. The van der Waals surface area contributed by atoms with E-state index in [9.17, 15) is 19.8 Å². The molecule has 0 aliphatic heterocycles. The predicted molar refractivity (Wildman–Crippen MR) is 301 cm³/mol. The number of aliphatic hydroxyl groups is 2. The van der Waals surface area contributed by atoms with Crippen LogP contribution in [0.4, 0.5) is 0 Å². The van der Waals surface area contributed by atoms with Gasteiger partial charge in [0.1, 0.15) is 0 Å². The van der Waals surface area contributed by atoms with Crippen LogP contribution in [0.25, 0.3) is 0 Å². The number of allylic oxidation sites excluding steroid dienone is 4. The van der Waals surface area contributed by atoms with Crippen LogP contribution in [0.1, 0.15) is 341 Å². The van der Waals surface area contributed by atoms with Crippen LogP contribution in [-0.4, -0.2) is 47.4 Å². The molecule has 0 fully saturated rings. The Hall–Kier alpha value is -1.66. The average Bonchev–Trinajstić information content (AvgIpc) is 3.35. The van der Waals surface area contributed by atoms with Crippen molar-refractivity contribution in [2.45, 2.75) is 353 Å². The fourth-order valence-electron chi connectivity index (χ4n) is 9.73. The van der Waals surface area contributed by atoms with E-state index in [1.165, 1.54) is 257 Å². The lowest BCUT2D eigenvalue weighted by Gasteiger charge is -2.22. The molecule has 0 aromatic carbocycles. The number of nitrogens with one attached hydrogen (secondary N) is 1. The Kier molecular flexibility index (Phi) is 57.5. The first kappa shape index (κ1) is 67.3. The zero-order chi connectivity index (χ0) is 50.0. The van der Waals surface area contributed by atoms with Gasteiger partial charge in [-0.05, 0) is 57.8 Å². The number of rotatable bonds is 58. The highest BCUT2D eigenvalue weighted by molar-refractivity contribution is 5.76. The fraction of sp³-hybridized carbons (Fsp3) is 0.905. The summed E-state index contributed by atoms with van der Waals surface area (Å²) in [6, 6.07) is -0.543. The van der Waals surface area contributed by atoms with E-state index < -0.39 is 12.1 Å². The molecule has 0 aliphatic rings. The van der Waals surface area contributed by atoms with Crippen LogP contribution in [0.5, 0.6) is 0 Å². The van der Waals surface area contributed by atoms with Crippen molar-refractivity contribution < 1.29 is 24.5 Å². The van der Waals surface area contributed by atoms with Crippen molar-refractivity contribution in [2.24, 2.45) is 0 Å². The van der Waals surface area contributed by atoms with Gasteiger partial charge in [-0.1, -0.05) is 295 Å². The zero-order valence-corrected chi connectivity index (χ0v) is 46.6. The highest BCUT2D eigenvalue weighted by Crippen LogP contribution is 2.18. The van der Waals surface area contributed by atoms with Crippen molar-refractivity contribution in [3.05, 3.63) is 24.3 Å². The molecule has 3 N–H and O–H groups in total. The van der Waals surface area contributed by atoms with E-state index in [2.05, 4.69) is 43.5 Å². The molecular formula is C63H121NO5. The van der Waals surface area contributed by atoms with Crippen LogP contribution < -0.4 is 5.32 Å². The highest BCUT2D eigenvalue weighted by Gasteiger charge is 2.20. The van der Waals surface area contributed by atoms with Crippen molar-refractivity contribution in [2.75, 3.05) is 13.2 Å². The van der Waals surface area contributed by atoms with Crippen LogP contribution >= 0.6 is 0 Å². The monoisotopic (exact) mass is 972 g/mol. The second-order valence-corrected chi connectivity index (χ2v) is 21.4. The smallest absolute Gasteiger partial charge is 0.305 e. The summed E-state index contributed by atoms with van der Waals surface area (Å²) in [5.74, 6) is -0.0305. The van der Waals surface area contributed by atoms with Crippen LogP contribution in [-0.2, 0) is 14.3 Å². The Morgan fingerprint density at radius 2 is 0.725 bits per heavy atom. The summed E-state index contributed by atoms with van der Waals surface area (Å²) in [7, 11) is 0. The molecule has 0 rings (SSSR count). The van der Waals surface area contributed by atoms with Gasteiger partial charge in [-0.15, -0.1) is 0 Å². The third-order valence-corrected chi connectivity index (χ3v) is 14.5. The Morgan fingerprint density at radius 3 is 1.13 bits per heavy atom. The molecular weight excluding hydrogens is 851 g/mol. The first-order valence-corrected chi connectivity index (χ1v) is 31.1. The van der Waals surface area contributed by atoms with Crippen molar-refractivity contribution in [3.8, 4) is 0 Å². The Labute approximate surface area is 431 Å². The van der Waals surface area contributed by atoms with Gasteiger partial charge < -0.3 is 20.3 Å². The summed E-state index contributed by atoms with van der Waals surface area (Å²) in [6.07, 6.45) is 71.8. The summed E-state index contributed by atoms with van der Waals surface area (Å²) in [5, 5.41) is 23.3. The molecule has 0 aromatic heterocycles. The molecule has 69 heavy (non-hydrogen) atoms. The number of unbranched alkanes of at least 4 members (excludes halogenated alkanes) is 43. The minimum absolute atomic E-state index is 0.00580. The number of amides is 1. The molecule has 0 saturated heterocycles. The van der Waals surface area contributed by atoms with Gasteiger partial charge in [0, 0.05) is 12.8 Å². The van der Waals surface area contributed by atoms with E-state index in [1.807, 2.05) is 0 Å². The van der Waals surface area contributed by atoms with E-state index in [1.54, 1.807) is 0 Å². The van der Waals surface area contributed by atoms with Gasteiger partial charge in [-0.3, -0.25) is 9.59 Å². The standard InChI is InChI=1S/C63H121NO5/c1-3-5-7-9-11-13-15-17-19-20-22-26-29-33-37-41-45-49-53-57-63(68)69-58-54-50-46-42-38-34-30-27-24-21-23-25-28-32-36-40-44-48-52-56-62(67)64-60(59-65)61(66)55-51-47-43-39-35-31-18-16-14-12-10-8-6-4-2/h11,13,17,19,60-61,65-66H,3-10,12,14-16,18,20-59H2,1-2H3,(H,64,67)/b13-11-,19-17-. The molecule has 1 amide bonds. The number of ether oxygens (including phenoxy) is 1. The number of carbonyl (C=O) groups excluding carboxylic acids is 2. The molecule has 0 aliphatic carbocycles. The largest absolute Gasteiger partial charge is 0.466 e. The lowest BCUT2D eigenvalue weighted by Crippen LogP contribution is -2.45. The number of esters is 1. The number of hydrogen-bond acceptors (Lipinski definition) is 5. The summed E-state index contributed by atoms with van der Waals surface area (Å²) < 4.78 is 5.50. The van der Waals surface area contributed by atoms with Gasteiger partial charge in [0.15, 0.2) is 0 Å². The quantitative estimate of drug-likeness (QED) is 0.0321. The van der Waals surface area contributed by atoms with Crippen LogP contribution in [0, 0.1) is 0 Å². The fourth-order valence-corrected chi connectivity index (χ4v) is 9.73. The number of carbonyl (C=O) groups is 2. The Balaban J connectivity index is 3.38. The van der Waals surface area contributed by atoms with Crippen molar-refractivity contribution in [1.29, 1.82) is 0 Å². The van der Waals surface area contributed by atoms with Gasteiger partial charge >= 0.3 is 5.97 Å².